The van der Waals surface area contributed by atoms with Crippen LogP contribution in [0, 0.1) is 0 Å². The van der Waals surface area contributed by atoms with E-state index in [1.807, 2.05) is 11.7 Å². The molecule has 4 heteroatoms. The summed E-state index contributed by atoms with van der Waals surface area (Å²) in [7, 11) is 1.98. The van der Waals surface area contributed by atoms with Gasteiger partial charge in [-0.3, -0.25) is 9.58 Å². The van der Waals surface area contributed by atoms with Gasteiger partial charge in [0.25, 0.3) is 0 Å². The first-order chi connectivity index (χ1) is 9.25. The molecule has 1 unspecified atom stereocenters. The Morgan fingerprint density at radius 3 is 2.79 bits per heavy atom. The van der Waals surface area contributed by atoms with Crippen molar-refractivity contribution in [1.29, 1.82) is 0 Å². The highest BCUT2D eigenvalue weighted by molar-refractivity contribution is 5.43. The number of likely N-dealkylation sites (tertiary alicyclic amines) is 1. The van der Waals surface area contributed by atoms with E-state index in [4.69, 9.17) is 5.73 Å². The van der Waals surface area contributed by atoms with E-state index in [1.54, 1.807) is 6.20 Å². The molecule has 3 rings (SSSR count). The average Bonchev–Trinajstić information content (AvgIpc) is 2.98. The molecule has 19 heavy (non-hydrogen) atoms. The molecule has 100 valence electrons. The Morgan fingerprint density at radius 2 is 2.11 bits per heavy atom. The highest BCUT2D eigenvalue weighted by Crippen LogP contribution is 2.35. The zero-order valence-corrected chi connectivity index (χ0v) is 11.3. The lowest BCUT2D eigenvalue weighted by Gasteiger charge is -2.25. The van der Waals surface area contributed by atoms with Gasteiger partial charge in [-0.2, -0.15) is 5.10 Å². The summed E-state index contributed by atoms with van der Waals surface area (Å²) in [6.45, 7) is 2.11. The van der Waals surface area contributed by atoms with Gasteiger partial charge in [0, 0.05) is 13.6 Å². The van der Waals surface area contributed by atoms with Gasteiger partial charge in [-0.1, -0.05) is 30.3 Å². The third-order valence-corrected chi connectivity index (χ3v) is 3.92. The van der Waals surface area contributed by atoms with Crippen molar-refractivity contribution in [2.24, 2.45) is 7.05 Å². The highest BCUT2D eigenvalue weighted by Gasteiger charge is 2.29. The van der Waals surface area contributed by atoms with E-state index >= 15 is 0 Å². The molecule has 0 bridgehead atoms. The van der Waals surface area contributed by atoms with Crippen molar-refractivity contribution in [1.82, 2.24) is 14.7 Å². The molecule has 1 fully saturated rings. The third kappa shape index (κ3) is 2.36. The summed E-state index contributed by atoms with van der Waals surface area (Å²) in [5.41, 5.74) is 9.40. The fourth-order valence-electron chi connectivity index (χ4n) is 3.01. The Bertz CT molecular complexity index is 527. The fourth-order valence-corrected chi connectivity index (χ4v) is 3.01. The summed E-state index contributed by atoms with van der Waals surface area (Å²) in [6, 6.07) is 11.0. The van der Waals surface area contributed by atoms with Crippen LogP contribution < -0.4 is 5.73 Å². The fraction of sp³-hybridized carbons (Fsp3) is 0.400. The van der Waals surface area contributed by atoms with Gasteiger partial charge >= 0.3 is 0 Å². The van der Waals surface area contributed by atoms with E-state index in [0.29, 0.717) is 6.04 Å². The lowest BCUT2D eigenvalue weighted by atomic mass is 10.1. The Labute approximate surface area is 113 Å². The van der Waals surface area contributed by atoms with Crippen molar-refractivity contribution < 1.29 is 0 Å². The molecule has 4 nitrogen and oxygen atoms in total. The Hall–Kier alpha value is -1.81. The lowest BCUT2D eigenvalue weighted by molar-refractivity contribution is 0.240. The molecule has 1 atom stereocenters. The molecule has 0 spiro atoms. The Morgan fingerprint density at radius 1 is 1.32 bits per heavy atom. The Kier molecular flexibility index (Phi) is 3.25. The van der Waals surface area contributed by atoms with Gasteiger partial charge in [-0.15, -0.1) is 0 Å². The van der Waals surface area contributed by atoms with Gasteiger partial charge in [-0.05, 0) is 24.9 Å². The summed E-state index contributed by atoms with van der Waals surface area (Å²) in [4.78, 5) is 2.50. The largest absolute Gasteiger partial charge is 0.396 e. The van der Waals surface area contributed by atoms with E-state index in [1.165, 1.54) is 12.0 Å². The number of hydrogen-bond acceptors (Lipinski definition) is 3. The second-order valence-electron chi connectivity index (χ2n) is 5.22. The molecule has 1 saturated heterocycles. The normalized spacial score (nSPS) is 19.9. The molecule has 1 aliphatic rings. The van der Waals surface area contributed by atoms with E-state index < -0.39 is 0 Å². The second kappa shape index (κ2) is 5.05. The van der Waals surface area contributed by atoms with Crippen molar-refractivity contribution in [3.05, 3.63) is 47.8 Å². The molecule has 1 aromatic heterocycles. The Balaban J connectivity index is 1.82. The quantitative estimate of drug-likeness (QED) is 0.917. The number of hydrogen-bond donors (Lipinski definition) is 1. The number of nitrogens with zero attached hydrogens (tertiary/aromatic N) is 3. The smallest absolute Gasteiger partial charge is 0.0781 e. The lowest BCUT2D eigenvalue weighted by Crippen LogP contribution is -2.25. The minimum absolute atomic E-state index is 0.396. The standard InChI is InChI=1S/C15H20N4/c1-18-15(13(16)10-17-18)14-8-5-9-19(14)11-12-6-3-2-4-7-12/h2-4,6-7,10,14H,5,8-9,11,16H2,1H3. The van der Waals surface area contributed by atoms with Crippen LogP contribution in [0.5, 0.6) is 0 Å². The predicted molar refractivity (Wildman–Crippen MR) is 76.4 cm³/mol. The van der Waals surface area contributed by atoms with E-state index in [-0.39, 0.29) is 0 Å². The molecule has 0 radical (unpaired) electrons. The molecule has 0 saturated carbocycles. The van der Waals surface area contributed by atoms with Crippen LogP contribution in [0.1, 0.15) is 30.1 Å². The van der Waals surface area contributed by atoms with Crippen LogP contribution in [0.2, 0.25) is 0 Å². The number of aromatic nitrogens is 2. The number of rotatable bonds is 3. The summed E-state index contributed by atoms with van der Waals surface area (Å²) in [6.07, 6.45) is 4.15. The van der Waals surface area contributed by atoms with Crippen LogP contribution in [-0.4, -0.2) is 21.2 Å². The van der Waals surface area contributed by atoms with Gasteiger partial charge in [0.05, 0.1) is 23.6 Å². The molecular weight excluding hydrogens is 236 g/mol. The van der Waals surface area contributed by atoms with E-state index in [9.17, 15) is 0 Å². The number of nitrogen functional groups attached to an aromatic ring is 1. The third-order valence-electron chi connectivity index (χ3n) is 3.92. The van der Waals surface area contributed by atoms with Crippen LogP contribution in [-0.2, 0) is 13.6 Å². The van der Waals surface area contributed by atoms with Crippen LogP contribution in [0.25, 0.3) is 0 Å². The van der Waals surface area contributed by atoms with Crippen LogP contribution >= 0.6 is 0 Å². The maximum atomic E-state index is 6.07. The topological polar surface area (TPSA) is 47.1 Å². The highest BCUT2D eigenvalue weighted by atomic mass is 15.3. The molecule has 1 aromatic carbocycles. The van der Waals surface area contributed by atoms with Crippen molar-refractivity contribution in [2.45, 2.75) is 25.4 Å². The molecule has 2 heterocycles. The zero-order chi connectivity index (χ0) is 13.2. The summed E-state index contributed by atoms with van der Waals surface area (Å²) < 4.78 is 1.92. The van der Waals surface area contributed by atoms with Crippen LogP contribution in [0.4, 0.5) is 5.69 Å². The van der Waals surface area contributed by atoms with E-state index in [2.05, 4.69) is 40.3 Å². The van der Waals surface area contributed by atoms with Crippen molar-refractivity contribution in [3.63, 3.8) is 0 Å². The number of benzene rings is 1. The zero-order valence-electron chi connectivity index (χ0n) is 11.3. The number of nitrogens with two attached hydrogens (primary N) is 1. The van der Waals surface area contributed by atoms with Crippen molar-refractivity contribution >= 4 is 5.69 Å². The number of anilines is 1. The predicted octanol–water partition coefficient (Wildman–Crippen LogP) is 2.34. The molecule has 0 amide bonds. The van der Waals surface area contributed by atoms with Crippen LogP contribution in [0.3, 0.4) is 0 Å². The second-order valence-corrected chi connectivity index (χ2v) is 5.22. The van der Waals surface area contributed by atoms with Crippen molar-refractivity contribution in [3.8, 4) is 0 Å². The van der Waals surface area contributed by atoms with Gasteiger partial charge in [0.15, 0.2) is 0 Å². The van der Waals surface area contributed by atoms with Gasteiger partial charge in [0.2, 0.25) is 0 Å². The summed E-state index contributed by atoms with van der Waals surface area (Å²) >= 11 is 0. The average molecular weight is 256 g/mol. The minimum atomic E-state index is 0.396. The van der Waals surface area contributed by atoms with Crippen LogP contribution in [0.15, 0.2) is 36.5 Å². The van der Waals surface area contributed by atoms with Gasteiger partial charge in [-0.25, -0.2) is 0 Å². The molecule has 1 aliphatic heterocycles. The van der Waals surface area contributed by atoms with E-state index in [0.717, 1.165) is 30.9 Å². The maximum absolute atomic E-state index is 6.07. The maximum Gasteiger partial charge on any atom is 0.0781 e. The first-order valence-electron chi connectivity index (χ1n) is 6.81. The van der Waals surface area contributed by atoms with Crippen molar-refractivity contribution in [2.75, 3.05) is 12.3 Å². The van der Waals surface area contributed by atoms with Gasteiger partial charge in [0.1, 0.15) is 0 Å². The molecule has 2 aromatic rings. The SMILES string of the molecule is Cn1ncc(N)c1C1CCCN1Cc1ccccc1. The number of aryl methyl sites for hydroxylation is 1. The molecular formula is C15H20N4. The monoisotopic (exact) mass is 256 g/mol. The summed E-state index contributed by atoms with van der Waals surface area (Å²) in [5, 5.41) is 4.27. The molecule has 0 aliphatic carbocycles. The minimum Gasteiger partial charge on any atom is -0.396 e. The van der Waals surface area contributed by atoms with Gasteiger partial charge < -0.3 is 5.73 Å². The first kappa shape index (κ1) is 12.2. The molecule has 2 N–H and O–H groups in total. The summed E-state index contributed by atoms with van der Waals surface area (Å²) in [5.74, 6) is 0. The first-order valence-corrected chi connectivity index (χ1v) is 6.81.